The molecule has 1 N–H and O–H groups in total. The molecule has 2 heterocycles. The summed E-state index contributed by atoms with van der Waals surface area (Å²) < 4.78 is 0. The van der Waals surface area contributed by atoms with Crippen molar-refractivity contribution in [1.29, 1.82) is 0 Å². The number of hydrogen-bond donors (Lipinski definition) is 1. The van der Waals surface area contributed by atoms with Gasteiger partial charge in [-0.1, -0.05) is 48.0 Å². The standard InChI is InChI=1S/C24H26N4O/c1-19-7-9-20(10-8-19)17-24(29)26-23-12-11-22(18-25-23)28-15-13-27(14-16-28)21-5-3-2-4-6-21/h2-12,18H,13-17H2,1H3,(H,25,26,29). The van der Waals surface area contributed by atoms with E-state index in [1.165, 1.54) is 11.3 Å². The van der Waals surface area contributed by atoms with Crippen molar-refractivity contribution in [3.63, 3.8) is 0 Å². The SMILES string of the molecule is Cc1ccc(CC(=O)Nc2ccc(N3CCN(c4ccccc4)CC3)cn2)cc1. The molecule has 0 atom stereocenters. The smallest absolute Gasteiger partial charge is 0.229 e. The van der Waals surface area contributed by atoms with Crippen LogP contribution in [0.3, 0.4) is 0 Å². The number of piperazine rings is 1. The van der Waals surface area contributed by atoms with E-state index in [0.29, 0.717) is 12.2 Å². The first kappa shape index (κ1) is 19.0. The van der Waals surface area contributed by atoms with Crippen molar-refractivity contribution in [2.45, 2.75) is 13.3 Å². The number of aromatic nitrogens is 1. The van der Waals surface area contributed by atoms with Gasteiger partial charge < -0.3 is 15.1 Å². The number of aryl methyl sites for hydroxylation is 1. The molecule has 1 amide bonds. The molecule has 1 aliphatic heterocycles. The lowest BCUT2D eigenvalue weighted by atomic mass is 10.1. The van der Waals surface area contributed by atoms with Gasteiger partial charge in [-0.3, -0.25) is 4.79 Å². The minimum Gasteiger partial charge on any atom is -0.368 e. The van der Waals surface area contributed by atoms with Crippen LogP contribution in [-0.4, -0.2) is 37.1 Å². The van der Waals surface area contributed by atoms with E-state index in [1.807, 2.05) is 55.6 Å². The Balaban J connectivity index is 1.30. The van der Waals surface area contributed by atoms with Gasteiger partial charge in [-0.15, -0.1) is 0 Å². The summed E-state index contributed by atoms with van der Waals surface area (Å²) in [7, 11) is 0. The Labute approximate surface area is 172 Å². The molecule has 0 bridgehead atoms. The molecule has 0 saturated carbocycles. The maximum Gasteiger partial charge on any atom is 0.229 e. The first-order valence-electron chi connectivity index (χ1n) is 10.0. The first-order chi connectivity index (χ1) is 14.2. The van der Waals surface area contributed by atoms with Gasteiger partial charge in [0, 0.05) is 31.9 Å². The molecule has 1 aromatic heterocycles. The average Bonchev–Trinajstić information content (AvgIpc) is 2.77. The topological polar surface area (TPSA) is 48.5 Å². The monoisotopic (exact) mass is 386 g/mol. The van der Waals surface area contributed by atoms with Gasteiger partial charge in [0.25, 0.3) is 0 Å². The van der Waals surface area contributed by atoms with E-state index < -0.39 is 0 Å². The minimum absolute atomic E-state index is 0.0504. The van der Waals surface area contributed by atoms with Crippen LogP contribution in [0.25, 0.3) is 0 Å². The van der Waals surface area contributed by atoms with Crippen LogP contribution in [0.1, 0.15) is 11.1 Å². The highest BCUT2D eigenvalue weighted by atomic mass is 16.1. The quantitative estimate of drug-likeness (QED) is 0.723. The summed E-state index contributed by atoms with van der Waals surface area (Å²) >= 11 is 0. The van der Waals surface area contributed by atoms with Crippen molar-refractivity contribution in [3.8, 4) is 0 Å². The van der Waals surface area contributed by atoms with Crippen molar-refractivity contribution < 1.29 is 4.79 Å². The number of benzene rings is 2. The fraction of sp³-hybridized carbons (Fsp3) is 0.250. The summed E-state index contributed by atoms with van der Waals surface area (Å²) in [6.07, 6.45) is 2.20. The van der Waals surface area contributed by atoms with Gasteiger partial charge in [-0.2, -0.15) is 0 Å². The number of para-hydroxylation sites is 1. The highest BCUT2D eigenvalue weighted by Gasteiger charge is 2.17. The van der Waals surface area contributed by atoms with Gasteiger partial charge in [-0.05, 0) is 36.8 Å². The molecule has 3 aromatic rings. The zero-order valence-electron chi connectivity index (χ0n) is 16.7. The molecule has 0 unspecified atom stereocenters. The third-order valence-electron chi connectivity index (χ3n) is 5.27. The van der Waals surface area contributed by atoms with Crippen LogP contribution < -0.4 is 15.1 Å². The van der Waals surface area contributed by atoms with E-state index in [4.69, 9.17) is 0 Å². The molecule has 0 spiro atoms. The van der Waals surface area contributed by atoms with Crippen LogP contribution in [-0.2, 0) is 11.2 Å². The average molecular weight is 386 g/mol. The van der Waals surface area contributed by atoms with Crippen LogP contribution in [0.2, 0.25) is 0 Å². The Hall–Kier alpha value is -3.34. The molecular formula is C24H26N4O. The Bertz CT molecular complexity index is 931. The number of nitrogens with zero attached hydrogens (tertiary/aromatic N) is 3. The number of hydrogen-bond acceptors (Lipinski definition) is 4. The maximum atomic E-state index is 12.3. The minimum atomic E-state index is -0.0504. The normalized spacial score (nSPS) is 14.0. The van der Waals surface area contributed by atoms with Gasteiger partial charge in [0.1, 0.15) is 5.82 Å². The van der Waals surface area contributed by atoms with E-state index in [9.17, 15) is 4.79 Å². The lowest BCUT2D eigenvalue weighted by Gasteiger charge is -2.37. The lowest BCUT2D eigenvalue weighted by Crippen LogP contribution is -2.46. The number of carbonyl (C=O) groups excluding carboxylic acids is 1. The van der Waals surface area contributed by atoms with Crippen LogP contribution in [0.4, 0.5) is 17.2 Å². The summed E-state index contributed by atoms with van der Waals surface area (Å²) in [5, 5.41) is 2.89. The molecule has 4 rings (SSSR count). The number of pyridine rings is 1. The van der Waals surface area contributed by atoms with E-state index >= 15 is 0 Å². The van der Waals surface area contributed by atoms with Gasteiger partial charge in [0.2, 0.25) is 5.91 Å². The van der Waals surface area contributed by atoms with Gasteiger partial charge in [-0.25, -0.2) is 4.98 Å². The second-order valence-corrected chi connectivity index (χ2v) is 7.42. The Morgan fingerprint density at radius 1 is 0.862 bits per heavy atom. The highest BCUT2D eigenvalue weighted by Crippen LogP contribution is 2.20. The van der Waals surface area contributed by atoms with E-state index in [1.54, 1.807) is 0 Å². The van der Waals surface area contributed by atoms with Crippen molar-refractivity contribution in [2.24, 2.45) is 0 Å². The van der Waals surface area contributed by atoms with E-state index in [0.717, 1.165) is 37.4 Å². The summed E-state index contributed by atoms with van der Waals surface area (Å²) in [5.41, 5.74) is 4.56. The van der Waals surface area contributed by atoms with Crippen LogP contribution in [0.15, 0.2) is 72.9 Å². The largest absolute Gasteiger partial charge is 0.368 e. The third-order valence-corrected chi connectivity index (χ3v) is 5.27. The van der Waals surface area contributed by atoms with E-state index in [-0.39, 0.29) is 5.91 Å². The first-order valence-corrected chi connectivity index (χ1v) is 10.0. The molecule has 1 saturated heterocycles. The number of amides is 1. The van der Waals surface area contributed by atoms with Crippen LogP contribution in [0.5, 0.6) is 0 Å². The molecule has 2 aromatic carbocycles. The fourth-order valence-electron chi connectivity index (χ4n) is 3.59. The van der Waals surface area contributed by atoms with Crippen molar-refractivity contribution >= 4 is 23.1 Å². The molecule has 5 nitrogen and oxygen atoms in total. The van der Waals surface area contributed by atoms with Crippen molar-refractivity contribution in [1.82, 2.24) is 4.98 Å². The summed E-state index contributed by atoms with van der Waals surface area (Å²) in [4.78, 5) is 21.4. The number of anilines is 3. The molecule has 5 heteroatoms. The molecule has 1 fully saturated rings. The predicted molar refractivity (Wildman–Crippen MR) is 119 cm³/mol. The van der Waals surface area contributed by atoms with Crippen molar-refractivity contribution in [2.75, 3.05) is 41.3 Å². The summed E-state index contributed by atoms with van der Waals surface area (Å²) in [6.45, 7) is 5.92. The van der Waals surface area contributed by atoms with Crippen molar-refractivity contribution in [3.05, 3.63) is 84.1 Å². The van der Waals surface area contributed by atoms with E-state index in [2.05, 4.69) is 44.4 Å². The van der Waals surface area contributed by atoms with Gasteiger partial charge in [0.15, 0.2) is 0 Å². The molecule has 0 radical (unpaired) electrons. The van der Waals surface area contributed by atoms with Crippen LogP contribution in [0, 0.1) is 6.92 Å². The van der Waals surface area contributed by atoms with Gasteiger partial charge in [0.05, 0.1) is 18.3 Å². The highest BCUT2D eigenvalue weighted by molar-refractivity contribution is 5.91. The van der Waals surface area contributed by atoms with Gasteiger partial charge >= 0.3 is 0 Å². The Kier molecular flexibility index (Phi) is 5.75. The maximum absolute atomic E-state index is 12.3. The molecule has 1 aliphatic rings. The van der Waals surface area contributed by atoms with Crippen LogP contribution >= 0.6 is 0 Å². The molecule has 0 aliphatic carbocycles. The lowest BCUT2D eigenvalue weighted by molar-refractivity contribution is -0.115. The second-order valence-electron chi connectivity index (χ2n) is 7.42. The zero-order valence-corrected chi connectivity index (χ0v) is 16.7. The Morgan fingerprint density at radius 3 is 2.14 bits per heavy atom. The number of nitrogens with one attached hydrogen (secondary N) is 1. The second kappa shape index (κ2) is 8.78. The third kappa shape index (κ3) is 4.93. The summed E-state index contributed by atoms with van der Waals surface area (Å²) in [5.74, 6) is 0.541. The molecule has 29 heavy (non-hydrogen) atoms. The molecular weight excluding hydrogens is 360 g/mol. The number of rotatable bonds is 5. The summed E-state index contributed by atoms with van der Waals surface area (Å²) in [6, 6.07) is 22.5. The Morgan fingerprint density at radius 2 is 1.52 bits per heavy atom. The zero-order chi connectivity index (χ0) is 20.1. The molecule has 148 valence electrons. The fourth-order valence-corrected chi connectivity index (χ4v) is 3.59. The number of carbonyl (C=O) groups is 1. The predicted octanol–water partition coefficient (Wildman–Crippen LogP) is 3.90.